The number of nitrogens with one attached hydrogen (secondary N) is 1. The Morgan fingerprint density at radius 2 is 1.92 bits per heavy atom. The second-order valence-electron chi connectivity index (χ2n) is 7.61. The number of anilines is 1. The van der Waals surface area contributed by atoms with Crippen LogP contribution in [-0.2, 0) is 10.0 Å². The molecule has 1 saturated heterocycles. The Balaban J connectivity index is 1.38. The average Bonchev–Trinajstić information content (AvgIpc) is 3.33. The van der Waals surface area contributed by atoms with Crippen molar-refractivity contribution in [3.8, 4) is 0 Å². The third-order valence-corrected chi connectivity index (χ3v) is 7.98. The molecule has 0 bridgehead atoms. The van der Waals surface area contributed by atoms with E-state index in [9.17, 15) is 8.42 Å². The van der Waals surface area contributed by atoms with Gasteiger partial charge >= 0.3 is 0 Å². The number of H-pyrrole nitrogens is 1. The van der Waals surface area contributed by atoms with E-state index in [1.165, 1.54) is 0 Å². The summed E-state index contributed by atoms with van der Waals surface area (Å²) >= 11 is 0. The van der Waals surface area contributed by atoms with Crippen molar-refractivity contribution in [3.05, 3.63) is 18.6 Å². The first kappa shape index (κ1) is 17.7. The molecule has 1 aliphatic carbocycles. The summed E-state index contributed by atoms with van der Waals surface area (Å²) in [5, 5.41) is 1.04. The van der Waals surface area contributed by atoms with Gasteiger partial charge < -0.3 is 9.88 Å². The zero-order valence-corrected chi connectivity index (χ0v) is 16.1. The number of hydrogen-bond donors (Lipinski definition) is 1. The third kappa shape index (κ3) is 3.44. The number of sulfonamides is 1. The lowest BCUT2D eigenvalue weighted by Crippen LogP contribution is -2.39. The lowest BCUT2D eigenvalue weighted by Gasteiger charge is -2.35. The maximum atomic E-state index is 12.5. The molecule has 4 rings (SSSR count). The van der Waals surface area contributed by atoms with Gasteiger partial charge in [-0.1, -0.05) is 0 Å². The maximum Gasteiger partial charge on any atom is 0.214 e. The largest absolute Gasteiger partial charge is 0.356 e. The average molecular weight is 378 g/mol. The molecule has 8 heteroatoms. The number of rotatable bonds is 5. The lowest BCUT2D eigenvalue weighted by molar-refractivity contribution is 0.336. The minimum atomic E-state index is -3.08. The van der Waals surface area contributed by atoms with E-state index in [-0.39, 0.29) is 5.92 Å². The van der Waals surface area contributed by atoms with Crippen LogP contribution in [0.25, 0.3) is 11.0 Å². The molecule has 0 radical (unpaired) electrons. The van der Waals surface area contributed by atoms with Gasteiger partial charge in [0.25, 0.3) is 0 Å². The Hall–Kier alpha value is -1.67. The van der Waals surface area contributed by atoms with E-state index in [1.54, 1.807) is 10.6 Å². The highest BCUT2D eigenvalue weighted by Gasteiger charge is 2.32. The lowest BCUT2D eigenvalue weighted by atomic mass is 9.86. The van der Waals surface area contributed by atoms with Crippen molar-refractivity contribution < 1.29 is 8.42 Å². The fourth-order valence-corrected chi connectivity index (χ4v) is 6.34. The first-order valence-electron chi connectivity index (χ1n) is 9.53. The van der Waals surface area contributed by atoms with Crippen LogP contribution in [0.1, 0.15) is 38.5 Å². The van der Waals surface area contributed by atoms with Gasteiger partial charge in [-0.05, 0) is 50.5 Å². The fraction of sp³-hybridized carbons (Fsp3) is 0.667. The fourth-order valence-electron chi connectivity index (χ4n) is 4.38. The number of hydrogen-bond acceptors (Lipinski definition) is 5. The van der Waals surface area contributed by atoms with Gasteiger partial charge in [-0.25, -0.2) is 22.7 Å². The molecule has 0 spiro atoms. The van der Waals surface area contributed by atoms with E-state index < -0.39 is 10.0 Å². The molecule has 26 heavy (non-hydrogen) atoms. The first-order chi connectivity index (χ1) is 12.5. The normalized spacial score (nSPS) is 25.0. The minimum absolute atomic E-state index is 0.280. The van der Waals surface area contributed by atoms with Gasteiger partial charge in [-0.3, -0.25) is 0 Å². The Bertz CT molecular complexity index is 851. The SMILES string of the molecule is CN(c1ncnc2[nH]ccc12)[C@H]1CC[C@H](CS(=O)(=O)N2CCCC2)CC1. The van der Waals surface area contributed by atoms with E-state index in [4.69, 9.17) is 0 Å². The molecule has 2 aromatic heterocycles. The summed E-state index contributed by atoms with van der Waals surface area (Å²) in [6, 6.07) is 2.41. The summed E-state index contributed by atoms with van der Waals surface area (Å²) in [5.41, 5.74) is 0.854. The van der Waals surface area contributed by atoms with Crippen molar-refractivity contribution in [1.29, 1.82) is 0 Å². The molecule has 1 saturated carbocycles. The molecule has 0 aromatic carbocycles. The van der Waals surface area contributed by atoms with Gasteiger partial charge in [0.2, 0.25) is 10.0 Å². The van der Waals surface area contributed by atoms with Crippen LogP contribution < -0.4 is 4.90 Å². The zero-order valence-electron chi connectivity index (χ0n) is 15.3. The monoisotopic (exact) mass is 377 g/mol. The van der Waals surface area contributed by atoms with Crippen LogP contribution in [0.5, 0.6) is 0 Å². The van der Waals surface area contributed by atoms with Crippen LogP contribution in [0.2, 0.25) is 0 Å². The smallest absolute Gasteiger partial charge is 0.214 e. The van der Waals surface area contributed by atoms with Gasteiger partial charge in [0.15, 0.2) is 0 Å². The van der Waals surface area contributed by atoms with Gasteiger partial charge in [0.05, 0.1) is 11.1 Å². The molecule has 1 N–H and O–H groups in total. The van der Waals surface area contributed by atoms with E-state index in [1.807, 2.05) is 12.3 Å². The zero-order chi connectivity index (χ0) is 18.1. The Morgan fingerprint density at radius 3 is 2.65 bits per heavy atom. The highest BCUT2D eigenvalue weighted by molar-refractivity contribution is 7.89. The van der Waals surface area contributed by atoms with Gasteiger partial charge in [-0.15, -0.1) is 0 Å². The van der Waals surface area contributed by atoms with Crippen LogP contribution in [0.4, 0.5) is 5.82 Å². The van der Waals surface area contributed by atoms with Crippen LogP contribution in [0.15, 0.2) is 18.6 Å². The van der Waals surface area contributed by atoms with E-state index >= 15 is 0 Å². The number of nitrogens with zero attached hydrogens (tertiary/aromatic N) is 4. The molecule has 0 amide bonds. The van der Waals surface area contributed by atoms with Crippen molar-refractivity contribution in [2.45, 2.75) is 44.6 Å². The second kappa shape index (κ2) is 7.15. The van der Waals surface area contributed by atoms with E-state index in [0.29, 0.717) is 24.9 Å². The number of aromatic amines is 1. The highest BCUT2D eigenvalue weighted by atomic mass is 32.2. The van der Waals surface area contributed by atoms with E-state index in [0.717, 1.165) is 55.4 Å². The Labute approximate surface area is 154 Å². The molecule has 142 valence electrons. The molecular formula is C18H27N5O2S. The molecule has 3 heterocycles. The van der Waals surface area contributed by atoms with Crippen LogP contribution >= 0.6 is 0 Å². The summed E-state index contributed by atoms with van der Waals surface area (Å²) in [4.78, 5) is 14.1. The topological polar surface area (TPSA) is 82.2 Å². The minimum Gasteiger partial charge on any atom is -0.356 e. The third-order valence-electron chi connectivity index (χ3n) is 5.94. The van der Waals surface area contributed by atoms with Gasteiger partial charge in [0, 0.05) is 32.4 Å². The molecule has 1 aliphatic heterocycles. The summed E-state index contributed by atoms with van der Waals surface area (Å²) in [6.07, 6.45) is 9.43. The molecule has 2 aliphatic rings. The quantitative estimate of drug-likeness (QED) is 0.865. The van der Waals surface area contributed by atoms with E-state index in [2.05, 4.69) is 26.9 Å². The molecule has 0 atom stereocenters. The number of aromatic nitrogens is 3. The predicted octanol–water partition coefficient (Wildman–Crippen LogP) is 2.38. The summed E-state index contributed by atoms with van der Waals surface area (Å²) in [5.74, 6) is 1.55. The summed E-state index contributed by atoms with van der Waals surface area (Å²) in [7, 11) is -0.992. The molecule has 0 unspecified atom stereocenters. The highest BCUT2D eigenvalue weighted by Crippen LogP contribution is 2.32. The predicted molar refractivity (Wildman–Crippen MR) is 103 cm³/mol. The van der Waals surface area contributed by atoms with Crippen LogP contribution in [0, 0.1) is 5.92 Å². The second-order valence-corrected chi connectivity index (χ2v) is 9.62. The molecular weight excluding hydrogens is 350 g/mol. The molecule has 2 fully saturated rings. The maximum absolute atomic E-state index is 12.5. The van der Waals surface area contributed by atoms with Crippen LogP contribution in [0.3, 0.4) is 0 Å². The van der Waals surface area contributed by atoms with Gasteiger partial charge in [-0.2, -0.15) is 0 Å². The molecule has 2 aromatic rings. The van der Waals surface area contributed by atoms with Crippen molar-refractivity contribution in [3.63, 3.8) is 0 Å². The first-order valence-corrected chi connectivity index (χ1v) is 11.1. The summed E-state index contributed by atoms with van der Waals surface area (Å²) in [6.45, 7) is 1.42. The summed E-state index contributed by atoms with van der Waals surface area (Å²) < 4.78 is 26.8. The van der Waals surface area contributed by atoms with Crippen molar-refractivity contribution in [2.75, 3.05) is 30.8 Å². The Morgan fingerprint density at radius 1 is 1.19 bits per heavy atom. The van der Waals surface area contributed by atoms with Crippen molar-refractivity contribution in [1.82, 2.24) is 19.3 Å². The molecule has 7 nitrogen and oxygen atoms in total. The van der Waals surface area contributed by atoms with Crippen molar-refractivity contribution in [2.24, 2.45) is 5.92 Å². The van der Waals surface area contributed by atoms with Gasteiger partial charge in [0.1, 0.15) is 17.8 Å². The Kier molecular flexibility index (Phi) is 4.88. The number of fused-ring (bicyclic) bond motifs is 1. The standard InChI is InChI=1S/C18H27N5O2S/c1-22(18-16-8-9-19-17(16)20-13-21-18)15-6-4-14(5-7-15)12-26(24,25)23-10-2-3-11-23/h8-9,13-15H,2-7,10-12H2,1H3,(H,19,20,21)/t14-,15-. The van der Waals surface area contributed by atoms with Crippen molar-refractivity contribution >= 4 is 26.9 Å². The van der Waals surface area contributed by atoms with Crippen LogP contribution in [-0.4, -0.2) is 59.6 Å².